The number of nitrogens with zero attached hydrogens (tertiary/aromatic N) is 1. The lowest BCUT2D eigenvalue weighted by Gasteiger charge is -1.86. The first kappa shape index (κ1) is 8.31. The van der Waals surface area contributed by atoms with Crippen LogP contribution in [0.15, 0.2) is 12.1 Å². The Labute approximate surface area is 80.6 Å². The number of nitrogens with one attached hydrogen (secondary N) is 1. The molecule has 4 heteroatoms. The molecular weight excluding hydrogens is 182 g/mol. The van der Waals surface area contributed by atoms with Gasteiger partial charge in [-0.15, -0.1) is 11.3 Å². The van der Waals surface area contributed by atoms with Crippen molar-refractivity contribution < 1.29 is 0 Å². The number of nitrogen functional groups attached to an aromatic ring is 1. The van der Waals surface area contributed by atoms with E-state index >= 15 is 0 Å². The van der Waals surface area contributed by atoms with Gasteiger partial charge in [0.25, 0.3) is 0 Å². The van der Waals surface area contributed by atoms with Crippen molar-refractivity contribution in [3.05, 3.63) is 22.6 Å². The van der Waals surface area contributed by atoms with Crippen LogP contribution >= 0.6 is 11.3 Å². The fraction of sp³-hybridized carbons (Fsp3) is 0.222. The summed E-state index contributed by atoms with van der Waals surface area (Å²) >= 11 is 1.75. The van der Waals surface area contributed by atoms with Crippen LogP contribution in [0.3, 0.4) is 0 Å². The summed E-state index contributed by atoms with van der Waals surface area (Å²) in [4.78, 5) is 2.53. The Balaban J connectivity index is 2.46. The van der Waals surface area contributed by atoms with Gasteiger partial charge in [0.05, 0.1) is 10.6 Å². The number of thiophene rings is 1. The number of aromatic amines is 1. The van der Waals surface area contributed by atoms with Crippen molar-refractivity contribution in [1.29, 1.82) is 0 Å². The molecule has 68 valence electrons. The largest absolute Gasteiger partial charge is 0.382 e. The lowest BCUT2D eigenvalue weighted by molar-refractivity contribution is 1.11. The van der Waals surface area contributed by atoms with Gasteiger partial charge in [-0.3, -0.25) is 5.10 Å². The predicted molar refractivity (Wildman–Crippen MR) is 55.8 cm³/mol. The molecule has 2 aromatic rings. The fourth-order valence-corrected chi connectivity index (χ4v) is 2.17. The molecule has 2 aromatic heterocycles. The van der Waals surface area contributed by atoms with Crippen molar-refractivity contribution >= 4 is 17.2 Å². The molecular formula is C9H11N3S. The summed E-state index contributed by atoms with van der Waals surface area (Å²) in [7, 11) is 0. The molecule has 0 saturated heterocycles. The van der Waals surface area contributed by atoms with Gasteiger partial charge in [-0.1, -0.05) is 0 Å². The summed E-state index contributed by atoms with van der Waals surface area (Å²) in [5.41, 5.74) is 7.83. The molecule has 0 bridgehead atoms. The number of rotatable bonds is 1. The molecule has 0 saturated carbocycles. The van der Waals surface area contributed by atoms with Gasteiger partial charge in [-0.25, -0.2) is 0 Å². The second kappa shape index (κ2) is 2.88. The topological polar surface area (TPSA) is 54.7 Å². The van der Waals surface area contributed by atoms with Crippen molar-refractivity contribution in [3.63, 3.8) is 0 Å². The van der Waals surface area contributed by atoms with Crippen LogP contribution in [0.1, 0.15) is 10.4 Å². The molecule has 0 radical (unpaired) electrons. The first-order valence-corrected chi connectivity index (χ1v) is 4.87. The molecule has 0 amide bonds. The summed E-state index contributed by atoms with van der Waals surface area (Å²) in [6.07, 6.45) is 0. The number of anilines is 1. The minimum absolute atomic E-state index is 0.540. The van der Waals surface area contributed by atoms with Crippen molar-refractivity contribution in [2.75, 3.05) is 5.73 Å². The maximum atomic E-state index is 5.52. The van der Waals surface area contributed by atoms with E-state index in [-0.39, 0.29) is 0 Å². The molecule has 0 aliphatic carbocycles. The quantitative estimate of drug-likeness (QED) is 0.730. The first-order chi connectivity index (χ1) is 6.16. The molecule has 0 atom stereocenters. The molecule has 0 spiro atoms. The number of hydrogen-bond donors (Lipinski definition) is 2. The molecule has 3 N–H and O–H groups in total. The highest BCUT2D eigenvalue weighted by Crippen LogP contribution is 2.29. The Kier molecular flexibility index (Phi) is 1.84. The first-order valence-electron chi connectivity index (χ1n) is 4.05. The molecule has 2 rings (SSSR count). The minimum Gasteiger partial charge on any atom is -0.382 e. The van der Waals surface area contributed by atoms with E-state index < -0.39 is 0 Å². The normalized spacial score (nSPS) is 10.6. The highest BCUT2D eigenvalue weighted by Gasteiger charge is 2.05. The zero-order valence-electron chi connectivity index (χ0n) is 7.59. The van der Waals surface area contributed by atoms with E-state index in [1.54, 1.807) is 11.3 Å². The van der Waals surface area contributed by atoms with Crippen LogP contribution in [0, 0.1) is 13.8 Å². The van der Waals surface area contributed by atoms with E-state index in [1.165, 1.54) is 15.3 Å². The minimum atomic E-state index is 0.540. The maximum absolute atomic E-state index is 5.52. The zero-order valence-corrected chi connectivity index (χ0v) is 8.40. The monoisotopic (exact) mass is 193 g/mol. The van der Waals surface area contributed by atoms with Gasteiger partial charge in [-0.05, 0) is 25.5 Å². The predicted octanol–water partition coefficient (Wildman–Crippen LogP) is 2.34. The number of nitrogens with two attached hydrogens (primary N) is 1. The third-order valence-corrected chi connectivity index (χ3v) is 3.21. The number of H-pyrrole nitrogens is 1. The van der Waals surface area contributed by atoms with Gasteiger partial charge in [0.15, 0.2) is 0 Å². The van der Waals surface area contributed by atoms with Crippen LogP contribution < -0.4 is 5.73 Å². The second-order valence-electron chi connectivity index (χ2n) is 3.06. The van der Waals surface area contributed by atoms with Crippen molar-refractivity contribution in [3.8, 4) is 10.6 Å². The Bertz CT molecular complexity index is 408. The van der Waals surface area contributed by atoms with Crippen LogP contribution in [0.4, 0.5) is 5.82 Å². The lowest BCUT2D eigenvalue weighted by Crippen LogP contribution is -1.81. The van der Waals surface area contributed by atoms with Crippen LogP contribution in [0.5, 0.6) is 0 Å². The molecule has 0 unspecified atom stereocenters. The maximum Gasteiger partial charge on any atom is 0.145 e. The SMILES string of the molecule is Cc1cc(-c2cc(N)n[nH]2)sc1C. The van der Waals surface area contributed by atoms with Crippen LogP contribution in [0.25, 0.3) is 10.6 Å². The van der Waals surface area contributed by atoms with E-state index in [4.69, 9.17) is 5.73 Å². The summed E-state index contributed by atoms with van der Waals surface area (Å²) in [6.45, 7) is 4.22. The average Bonchev–Trinajstić information content (AvgIpc) is 2.61. The van der Waals surface area contributed by atoms with Gasteiger partial charge >= 0.3 is 0 Å². The third-order valence-electron chi connectivity index (χ3n) is 2.03. The number of aryl methyl sites for hydroxylation is 2. The van der Waals surface area contributed by atoms with E-state index in [1.807, 2.05) is 6.07 Å². The number of aromatic nitrogens is 2. The van der Waals surface area contributed by atoms with Crippen LogP contribution in [0.2, 0.25) is 0 Å². The highest BCUT2D eigenvalue weighted by atomic mass is 32.1. The highest BCUT2D eigenvalue weighted by molar-refractivity contribution is 7.15. The van der Waals surface area contributed by atoms with Crippen molar-refractivity contribution in [1.82, 2.24) is 10.2 Å². The van der Waals surface area contributed by atoms with E-state index in [0.29, 0.717) is 5.82 Å². The fourth-order valence-electron chi connectivity index (χ4n) is 1.17. The number of hydrogen-bond acceptors (Lipinski definition) is 3. The zero-order chi connectivity index (χ0) is 9.42. The lowest BCUT2D eigenvalue weighted by atomic mass is 10.2. The van der Waals surface area contributed by atoms with Crippen molar-refractivity contribution in [2.24, 2.45) is 0 Å². The van der Waals surface area contributed by atoms with E-state index in [0.717, 1.165) is 5.69 Å². The molecule has 13 heavy (non-hydrogen) atoms. The Morgan fingerprint density at radius 1 is 1.38 bits per heavy atom. The molecule has 0 aromatic carbocycles. The molecule has 2 heterocycles. The second-order valence-corrected chi connectivity index (χ2v) is 4.31. The third kappa shape index (κ3) is 1.45. The van der Waals surface area contributed by atoms with Gasteiger partial charge in [0, 0.05) is 10.9 Å². The average molecular weight is 193 g/mol. The van der Waals surface area contributed by atoms with Gasteiger partial charge in [0.2, 0.25) is 0 Å². The molecule has 3 nitrogen and oxygen atoms in total. The summed E-state index contributed by atoms with van der Waals surface area (Å²) < 4.78 is 0. The summed E-state index contributed by atoms with van der Waals surface area (Å²) in [6, 6.07) is 4.00. The Hall–Kier alpha value is -1.29. The summed E-state index contributed by atoms with van der Waals surface area (Å²) in [5, 5.41) is 6.79. The molecule has 0 aliphatic rings. The van der Waals surface area contributed by atoms with E-state index in [9.17, 15) is 0 Å². The molecule has 0 aliphatic heterocycles. The standard InChI is InChI=1S/C9H11N3S/c1-5-3-8(13-6(5)2)7-4-9(10)12-11-7/h3-4H,1-2H3,(H3,10,11,12). The van der Waals surface area contributed by atoms with Gasteiger partial charge < -0.3 is 5.73 Å². The smallest absolute Gasteiger partial charge is 0.145 e. The van der Waals surface area contributed by atoms with Crippen molar-refractivity contribution in [2.45, 2.75) is 13.8 Å². The summed E-state index contributed by atoms with van der Waals surface area (Å²) in [5.74, 6) is 0.540. The Morgan fingerprint density at radius 3 is 2.62 bits per heavy atom. The van der Waals surface area contributed by atoms with Gasteiger partial charge in [-0.2, -0.15) is 5.10 Å². The van der Waals surface area contributed by atoms with E-state index in [2.05, 4.69) is 30.1 Å². The van der Waals surface area contributed by atoms with Crippen LogP contribution in [-0.4, -0.2) is 10.2 Å². The van der Waals surface area contributed by atoms with Crippen LogP contribution in [-0.2, 0) is 0 Å². The molecule has 0 fully saturated rings. The Morgan fingerprint density at radius 2 is 2.15 bits per heavy atom. The van der Waals surface area contributed by atoms with Gasteiger partial charge in [0.1, 0.15) is 5.82 Å².